The minimum atomic E-state index is -0.768. The molecule has 0 aliphatic carbocycles. The summed E-state index contributed by atoms with van der Waals surface area (Å²) < 4.78 is 0. The number of rotatable bonds is 6. The standard InChI is InChI=1S/C19H29N5O3/c1-22-8-10-23(11-9-22)17-4-7-24(14-15(17)2-3-19(26)27)18(25)12-16-13-20-5-6-21-16/h5-6,13,15,17H,2-4,7-12,14H2,1H3,(H,26,27)/t15-,17+/m0/s1. The fourth-order valence-electron chi connectivity index (χ4n) is 4.16. The lowest BCUT2D eigenvalue weighted by Crippen LogP contribution is -2.57. The minimum Gasteiger partial charge on any atom is -0.481 e. The smallest absolute Gasteiger partial charge is 0.303 e. The Kier molecular flexibility index (Phi) is 6.73. The normalized spacial score (nSPS) is 24.7. The third kappa shape index (κ3) is 5.46. The molecule has 3 heterocycles. The van der Waals surface area contributed by atoms with Crippen LogP contribution in [0.2, 0.25) is 0 Å². The number of carbonyl (C=O) groups excluding carboxylic acids is 1. The van der Waals surface area contributed by atoms with Crippen molar-refractivity contribution >= 4 is 11.9 Å². The topological polar surface area (TPSA) is 89.9 Å². The summed E-state index contributed by atoms with van der Waals surface area (Å²) in [5.74, 6) is -0.521. The van der Waals surface area contributed by atoms with Gasteiger partial charge in [0.25, 0.3) is 0 Å². The third-order valence-corrected chi connectivity index (χ3v) is 5.73. The van der Waals surface area contributed by atoms with E-state index in [-0.39, 0.29) is 24.7 Å². The molecular weight excluding hydrogens is 346 g/mol. The first kappa shape index (κ1) is 19.7. The Morgan fingerprint density at radius 2 is 1.96 bits per heavy atom. The average Bonchev–Trinajstić information content (AvgIpc) is 2.67. The lowest BCUT2D eigenvalue weighted by molar-refractivity contribution is -0.137. The lowest BCUT2D eigenvalue weighted by atomic mass is 9.86. The van der Waals surface area contributed by atoms with Gasteiger partial charge in [-0.1, -0.05) is 0 Å². The van der Waals surface area contributed by atoms with Gasteiger partial charge in [-0.2, -0.15) is 0 Å². The molecule has 1 amide bonds. The molecule has 2 atom stereocenters. The van der Waals surface area contributed by atoms with Gasteiger partial charge in [-0.15, -0.1) is 0 Å². The highest BCUT2D eigenvalue weighted by Gasteiger charge is 2.35. The van der Waals surface area contributed by atoms with Gasteiger partial charge in [-0.3, -0.25) is 24.5 Å². The second-order valence-electron chi connectivity index (χ2n) is 7.60. The number of carboxylic acids is 1. The highest BCUT2D eigenvalue weighted by molar-refractivity contribution is 5.78. The number of piperidine rings is 1. The number of piperazine rings is 1. The number of carbonyl (C=O) groups is 2. The highest BCUT2D eigenvalue weighted by atomic mass is 16.4. The first-order chi connectivity index (χ1) is 13.0. The molecule has 1 aromatic rings. The molecule has 0 saturated carbocycles. The van der Waals surface area contributed by atoms with E-state index >= 15 is 0 Å². The van der Waals surface area contributed by atoms with Crippen LogP contribution in [-0.4, -0.2) is 94.0 Å². The first-order valence-electron chi connectivity index (χ1n) is 9.70. The average molecular weight is 375 g/mol. The van der Waals surface area contributed by atoms with Crippen LogP contribution >= 0.6 is 0 Å². The van der Waals surface area contributed by atoms with Crippen molar-refractivity contribution in [1.82, 2.24) is 24.7 Å². The van der Waals surface area contributed by atoms with E-state index in [9.17, 15) is 9.59 Å². The summed E-state index contributed by atoms with van der Waals surface area (Å²) in [4.78, 5) is 38.7. The third-order valence-electron chi connectivity index (χ3n) is 5.73. The summed E-state index contributed by atoms with van der Waals surface area (Å²) >= 11 is 0. The van der Waals surface area contributed by atoms with Crippen LogP contribution in [0.3, 0.4) is 0 Å². The molecule has 3 rings (SSSR count). The SMILES string of the molecule is CN1CCN([C@@H]2CCN(C(=O)Cc3cnccn3)C[C@@H]2CCC(=O)O)CC1. The van der Waals surface area contributed by atoms with Crippen molar-refractivity contribution < 1.29 is 14.7 Å². The zero-order valence-electron chi connectivity index (χ0n) is 16.0. The molecule has 0 unspecified atom stereocenters. The number of likely N-dealkylation sites (tertiary alicyclic amines) is 1. The van der Waals surface area contributed by atoms with E-state index in [0.29, 0.717) is 24.7 Å². The number of aliphatic carboxylic acids is 1. The number of carboxylic acid groups (broad SMARTS) is 1. The van der Waals surface area contributed by atoms with Gasteiger partial charge in [0.1, 0.15) is 0 Å². The molecular formula is C19H29N5O3. The molecule has 2 aliphatic heterocycles. The van der Waals surface area contributed by atoms with Gasteiger partial charge in [0.05, 0.1) is 12.1 Å². The number of aromatic nitrogens is 2. The van der Waals surface area contributed by atoms with Crippen LogP contribution in [0.15, 0.2) is 18.6 Å². The predicted octanol–water partition coefficient (Wildman–Crippen LogP) is 0.348. The highest BCUT2D eigenvalue weighted by Crippen LogP contribution is 2.27. The maximum atomic E-state index is 12.7. The quantitative estimate of drug-likeness (QED) is 0.767. The first-order valence-corrected chi connectivity index (χ1v) is 9.70. The fraction of sp³-hybridized carbons (Fsp3) is 0.684. The van der Waals surface area contributed by atoms with Crippen molar-refractivity contribution in [2.75, 3.05) is 46.3 Å². The van der Waals surface area contributed by atoms with Crippen LogP contribution < -0.4 is 0 Å². The zero-order chi connectivity index (χ0) is 19.2. The monoisotopic (exact) mass is 375 g/mol. The second-order valence-corrected chi connectivity index (χ2v) is 7.60. The molecule has 148 valence electrons. The Morgan fingerprint density at radius 3 is 2.63 bits per heavy atom. The van der Waals surface area contributed by atoms with Crippen LogP contribution in [0.5, 0.6) is 0 Å². The predicted molar refractivity (Wildman–Crippen MR) is 100 cm³/mol. The van der Waals surface area contributed by atoms with Crippen molar-refractivity contribution in [3.63, 3.8) is 0 Å². The van der Waals surface area contributed by atoms with E-state index in [4.69, 9.17) is 5.11 Å². The summed E-state index contributed by atoms with van der Waals surface area (Å²) in [7, 11) is 2.13. The van der Waals surface area contributed by atoms with Crippen LogP contribution in [0, 0.1) is 5.92 Å². The molecule has 1 aromatic heterocycles. The number of amides is 1. The minimum absolute atomic E-state index is 0.0488. The van der Waals surface area contributed by atoms with Crippen LogP contribution in [0.1, 0.15) is 25.0 Å². The maximum Gasteiger partial charge on any atom is 0.303 e. The van der Waals surface area contributed by atoms with Gasteiger partial charge >= 0.3 is 5.97 Å². The Morgan fingerprint density at radius 1 is 1.19 bits per heavy atom. The molecule has 8 nitrogen and oxygen atoms in total. The summed E-state index contributed by atoms with van der Waals surface area (Å²) in [6.07, 6.45) is 6.73. The van der Waals surface area contributed by atoms with Gasteiger partial charge in [0.2, 0.25) is 5.91 Å². The Bertz CT molecular complexity index is 633. The summed E-state index contributed by atoms with van der Waals surface area (Å²) in [5.41, 5.74) is 0.672. The molecule has 0 bridgehead atoms. The molecule has 2 fully saturated rings. The fourth-order valence-corrected chi connectivity index (χ4v) is 4.16. The summed E-state index contributed by atoms with van der Waals surface area (Å²) in [5, 5.41) is 9.13. The zero-order valence-corrected chi connectivity index (χ0v) is 16.0. The van der Waals surface area contributed by atoms with Crippen LogP contribution in [0.4, 0.5) is 0 Å². The van der Waals surface area contributed by atoms with Crippen molar-refractivity contribution in [2.24, 2.45) is 5.92 Å². The molecule has 8 heteroatoms. The number of hydrogen-bond acceptors (Lipinski definition) is 6. The second kappa shape index (κ2) is 9.23. The molecule has 0 aromatic carbocycles. The summed E-state index contributed by atoms with van der Waals surface area (Å²) in [6, 6.07) is 0.360. The van der Waals surface area contributed by atoms with Gasteiger partial charge in [-0.25, -0.2) is 0 Å². The molecule has 0 radical (unpaired) electrons. The Balaban J connectivity index is 1.63. The van der Waals surface area contributed by atoms with Crippen molar-refractivity contribution in [3.8, 4) is 0 Å². The van der Waals surface area contributed by atoms with E-state index < -0.39 is 5.97 Å². The van der Waals surface area contributed by atoms with Gasteiger partial charge in [-0.05, 0) is 25.8 Å². The number of nitrogens with zero attached hydrogens (tertiary/aromatic N) is 5. The van der Waals surface area contributed by atoms with Gasteiger partial charge in [0, 0.05) is 70.3 Å². The van der Waals surface area contributed by atoms with Crippen molar-refractivity contribution in [2.45, 2.75) is 31.7 Å². The van der Waals surface area contributed by atoms with E-state index in [1.165, 1.54) is 0 Å². The molecule has 27 heavy (non-hydrogen) atoms. The van der Waals surface area contributed by atoms with Gasteiger partial charge < -0.3 is 14.9 Å². The molecule has 2 saturated heterocycles. The molecule has 2 aliphatic rings. The van der Waals surface area contributed by atoms with E-state index in [0.717, 1.165) is 39.1 Å². The van der Waals surface area contributed by atoms with Crippen LogP contribution in [-0.2, 0) is 16.0 Å². The molecule has 1 N–H and O–H groups in total. The van der Waals surface area contributed by atoms with Crippen molar-refractivity contribution in [3.05, 3.63) is 24.3 Å². The molecule has 0 spiro atoms. The maximum absolute atomic E-state index is 12.7. The Hall–Kier alpha value is -2.06. The van der Waals surface area contributed by atoms with Gasteiger partial charge in [0.15, 0.2) is 0 Å². The lowest BCUT2D eigenvalue weighted by Gasteiger charge is -2.46. The van der Waals surface area contributed by atoms with Crippen LogP contribution in [0.25, 0.3) is 0 Å². The number of hydrogen-bond donors (Lipinski definition) is 1. The van der Waals surface area contributed by atoms with Crippen molar-refractivity contribution in [1.29, 1.82) is 0 Å². The van der Waals surface area contributed by atoms with E-state index in [2.05, 4.69) is 26.8 Å². The van der Waals surface area contributed by atoms with E-state index in [1.807, 2.05) is 4.90 Å². The number of likely N-dealkylation sites (N-methyl/N-ethyl adjacent to an activating group) is 1. The largest absolute Gasteiger partial charge is 0.481 e. The van der Waals surface area contributed by atoms with E-state index in [1.54, 1.807) is 18.6 Å². The summed E-state index contributed by atoms with van der Waals surface area (Å²) in [6.45, 7) is 5.45. The Labute approximate surface area is 160 Å².